The van der Waals surface area contributed by atoms with Gasteiger partial charge in [0, 0.05) is 41.4 Å². The van der Waals surface area contributed by atoms with E-state index in [4.69, 9.17) is 14.2 Å². The molecule has 0 heterocycles. The number of halogens is 1. The molecule has 0 aromatic heterocycles. The molecule has 0 fully saturated rings. The van der Waals surface area contributed by atoms with E-state index in [0.717, 1.165) is 22.3 Å². The molecule has 0 spiro atoms. The first-order chi connectivity index (χ1) is 22.1. The van der Waals surface area contributed by atoms with Crippen molar-refractivity contribution in [1.29, 1.82) is 0 Å². The minimum atomic E-state index is -0.541. The number of aliphatic hydroxyl groups excluding tert-OH is 2. The van der Waals surface area contributed by atoms with Crippen molar-refractivity contribution in [2.45, 2.75) is 52.9 Å². The molecule has 8 heteroatoms. The Morgan fingerprint density at radius 1 is 0.783 bits per heavy atom. The number of hydrogen-bond acceptors (Lipinski definition) is 7. The first kappa shape index (κ1) is 36.2. The van der Waals surface area contributed by atoms with E-state index in [1.165, 1.54) is 0 Å². The highest BCUT2D eigenvalue weighted by Gasteiger charge is 2.20. The second kappa shape index (κ2) is 18.0. The monoisotopic (exact) mass is 632 g/mol. The average Bonchev–Trinajstić information content (AvgIpc) is 3.06. The van der Waals surface area contributed by atoms with Crippen LogP contribution >= 0.6 is 0 Å². The average molecular weight is 633 g/mol. The highest BCUT2D eigenvalue weighted by Crippen LogP contribution is 2.40. The molecule has 0 radical (unpaired) electrons. The van der Waals surface area contributed by atoms with Crippen molar-refractivity contribution < 1.29 is 38.4 Å². The molecule has 0 aliphatic rings. The number of aliphatic hydroxyl groups is 2. The van der Waals surface area contributed by atoms with Crippen molar-refractivity contribution in [1.82, 2.24) is 0 Å². The topological polar surface area (TPSA) is 102 Å². The van der Waals surface area contributed by atoms with E-state index in [1.54, 1.807) is 19.9 Å². The molecule has 0 aliphatic heterocycles. The zero-order valence-corrected chi connectivity index (χ0v) is 27.1. The molecule has 46 heavy (non-hydrogen) atoms. The van der Waals surface area contributed by atoms with Crippen molar-refractivity contribution >= 4 is 11.9 Å². The van der Waals surface area contributed by atoms with Crippen molar-refractivity contribution in [3.63, 3.8) is 0 Å². The fourth-order valence-electron chi connectivity index (χ4n) is 4.92. The van der Waals surface area contributed by atoms with Gasteiger partial charge in [0.05, 0.1) is 6.61 Å². The third-order valence-electron chi connectivity index (χ3n) is 7.66. The summed E-state index contributed by atoms with van der Waals surface area (Å²) in [6.07, 6.45) is 3.38. The lowest BCUT2D eigenvalue weighted by Gasteiger charge is -2.19. The minimum Gasteiger partial charge on any atom is -0.486 e. The number of carbonyl (C=O) groups excluding carboxylic acids is 2. The van der Waals surface area contributed by atoms with Gasteiger partial charge in [0.15, 0.2) is 11.6 Å². The van der Waals surface area contributed by atoms with Crippen LogP contribution in [0.4, 0.5) is 4.39 Å². The number of hydrogen-bond donors (Lipinski definition) is 2. The summed E-state index contributed by atoms with van der Waals surface area (Å²) in [6, 6.07) is 17.1. The minimum absolute atomic E-state index is 0.0511. The Kier molecular flexibility index (Phi) is 14.2. The third-order valence-corrected chi connectivity index (χ3v) is 7.66. The Bertz CT molecular complexity index is 1510. The first-order valence-electron chi connectivity index (χ1n) is 15.6. The molecular weight excluding hydrogens is 587 g/mol. The molecule has 3 aromatic carbocycles. The van der Waals surface area contributed by atoms with Gasteiger partial charge in [0.1, 0.15) is 13.2 Å². The predicted octanol–water partition coefficient (Wildman–Crippen LogP) is 6.81. The van der Waals surface area contributed by atoms with Gasteiger partial charge in [-0.3, -0.25) is 0 Å². The predicted molar refractivity (Wildman–Crippen MR) is 178 cm³/mol. The summed E-state index contributed by atoms with van der Waals surface area (Å²) in [5, 5.41) is 18.9. The van der Waals surface area contributed by atoms with Crippen LogP contribution < -0.4 is 4.74 Å². The Morgan fingerprint density at radius 2 is 1.37 bits per heavy atom. The fraction of sp³-hybridized carbons (Fsp3) is 0.368. The van der Waals surface area contributed by atoms with E-state index in [2.05, 4.69) is 19.2 Å². The second-order valence-corrected chi connectivity index (χ2v) is 11.4. The van der Waals surface area contributed by atoms with Gasteiger partial charge in [0.25, 0.3) is 0 Å². The quantitative estimate of drug-likeness (QED) is 0.0903. The molecule has 0 saturated heterocycles. The highest BCUT2D eigenvalue weighted by atomic mass is 19.1. The number of esters is 2. The molecule has 0 aliphatic carbocycles. The van der Waals surface area contributed by atoms with Crippen molar-refractivity contribution in [2.24, 2.45) is 5.92 Å². The molecule has 3 rings (SSSR count). The number of aryl methyl sites for hydroxylation is 3. The second-order valence-electron chi connectivity index (χ2n) is 11.4. The maximum absolute atomic E-state index is 16.4. The zero-order valence-electron chi connectivity index (χ0n) is 27.1. The van der Waals surface area contributed by atoms with E-state index in [1.807, 2.05) is 49.4 Å². The van der Waals surface area contributed by atoms with Gasteiger partial charge >= 0.3 is 11.9 Å². The SMILES string of the molecule is C=C(C)C(=O)OCCCc1ccc(-c2ccc(-c3ccc(CCC(CO)CO)cc3CC)c(OCCOC(=O)C(=C)C)c2F)cc1. The van der Waals surface area contributed by atoms with Crippen LogP contribution in [-0.4, -0.2) is 55.2 Å². The van der Waals surface area contributed by atoms with Crippen molar-refractivity contribution in [3.05, 3.63) is 101 Å². The van der Waals surface area contributed by atoms with Crippen LogP contribution in [0.15, 0.2) is 78.9 Å². The standard InChI is InChI=1S/C38H45FO7/c1-6-30-22-28(9-10-29(23-40)24-41)13-16-32(30)34-18-17-33(35(39)36(34)44-20-21-46-38(43)26(4)5)31-14-11-27(12-15-31)8-7-19-45-37(42)25(2)3/h11-18,22,29,40-41H,2,4,6-10,19-21,23-24H2,1,3,5H3. The Hall–Kier alpha value is -4.27. The summed E-state index contributed by atoms with van der Waals surface area (Å²) in [7, 11) is 0. The molecule has 0 atom stereocenters. The summed E-state index contributed by atoms with van der Waals surface area (Å²) in [4.78, 5) is 23.4. The van der Waals surface area contributed by atoms with Crippen LogP contribution in [0.1, 0.15) is 50.3 Å². The summed E-state index contributed by atoms with van der Waals surface area (Å²) < 4.78 is 32.7. The summed E-state index contributed by atoms with van der Waals surface area (Å²) >= 11 is 0. The van der Waals surface area contributed by atoms with Gasteiger partial charge in [-0.2, -0.15) is 0 Å². The lowest BCUT2D eigenvalue weighted by Crippen LogP contribution is -2.13. The molecule has 2 N–H and O–H groups in total. The van der Waals surface area contributed by atoms with Crippen LogP contribution in [0.5, 0.6) is 5.75 Å². The van der Waals surface area contributed by atoms with Gasteiger partial charge < -0.3 is 24.4 Å². The molecular formula is C38H45FO7. The maximum atomic E-state index is 16.4. The number of ether oxygens (including phenoxy) is 3. The molecule has 246 valence electrons. The Labute approximate surface area is 271 Å². The first-order valence-corrected chi connectivity index (χ1v) is 15.6. The Balaban J connectivity index is 1.89. The maximum Gasteiger partial charge on any atom is 0.333 e. The van der Waals surface area contributed by atoms with Crippen LogP contribution in [0.25, 0.3) is 22.3 Å². The van der Waals surface area contributed by atoms with Gasteiger partial charge in [0.2, 0.25) is 0 Å². The summed E-state index contributed by atoms with van der Waals surface area (Å²) in [6.45, 7) is 12.4. The van der Waals surface area contributed by atoms with Crippen LogP contribution in [-0.2, 0) is 38.3 Å². The van der Waals surface area contributed by atoms with Crippen molar-refractivity contribution in [2.75, 3.05) is 33.0 Å². The lowest BCUT2D eigenvalue weighted by atomic mass is 9.91. The van der Waals surface area contributed by atoms with E-state index >= 15 is 4.39 Å². The highest BCUT2D eigenvalue weighted by molar-refractivity contribution is 5.87. The molecule has 7 nitrogen and oxygen atoms in total. The fourth-order valence-corrected chi connectivity index (χ4v) is 4.92. The van der Waals surface area contributed by atoms with E-state index in [-0.39, 0.29) is 43.7 Å². The number of carbonyl (C=O) groups is 2. The summed E-state index contributed by atoms with van der Waals surface area (Å²) in [5.74, 6) is -1.58. The van der Waals surface area contributed by atoms with Crippen LogP contribution in [0.3, 0.4) is 0 Å². The number of benzene rings is 3. The normalized spacial score (nSPS) is 10.9. The van der Waals surface area contributed by atoms with Crippen LogP contribution in [0, 0.1) is 11.7 Å². The van der Waals surface area contributed by atoms with E-state index < -0.39 is 17.8 Å². The zero-order chi connectivity index (χ0) is 33.6. The van der Waals surface area contributed by atoms with Gasteiger partial charge in [-0.15, -0.1) is 0 Å². The van der Waals surface area contributed by atoms with Crippen molar-refractivity contribution in [3.8, 4) is 28.0 Å². The largest absolute Gasteiger partial charge is 0.486 e. The van der Waals surface area contributed by atoms with E-state index in [0.29, 0.717) is 61.0 Å². The van der Waals surface area contributed by atoms with Gasteiger partial charge in [-0.1, -0.05) is 68.6 Å². The smallest absolute Gasteiger partial charge is 0.333 e. The third kappa shape index (κ3) is 10.1. The van der Waals surface area contributed by atoms with Gasteiger partial charge in [-0.05, 0) is 79.8 Å². The number of rotatable bonds is 18. The van der Waals surface area contributed by atoms with E-state index in [9.17, 15) is 19.8 Å². The molecule has 0 bridgehead atoms. The molecule has 0 amide bonds. The van der Waals surface area contributed by atoms with Gasteiger partial charge in [-0.25, -0.2) is 14.0 Å². The van der Waals surface area contributed by atoms with Crippen LogP contribution in [0.2, 0.25) is 0 Å². The molecule has 3 aromatic rings. The molecule has 0 saturated carbocycles. The lowest BCUT2D eigenvalue weighted by molar-refractivity contribution is -0.140. The summed E-state index contributed by atoms with van der Waals surface area (Å²) in [5.41, 5.74) is 6.18. The Morgan fingerprint density at radius 3 is 1.98 bits per heavy atom. The molecule has 0 unspecified atom stereocenters.